The molecule has 1 heterocycles. The molecule has 0 N–H and O–H groups in total. The van der Waals surface area contributed by atoms with E-state index in [0.29, 0.717) is 10.5 Å². The highest BCUT2D eigenvalue weighted by atomic mass is 32.2. The van der Waals surface area contributed by atoms with Crippen LogP contribution >= 0.6 is 11.8 Å². The summed E-state index contributed by atoms with van der Waals surface area (Å²) < 4.78 is 5.74. The summed E-state index contributed by atoms with van der Waals surface area (Å²) in [5.74, 6) is 0.357. The van der Waals surface area contributed by atoms with Crippen molar-refractivity contribution in [3.8, 4) is 5.75 Å². The molecule has 8 heteroatoms. The standard InChI is InChI=1S/C22H20N2O5S/c1-15-9-10-16(2)19(13-15)29-12-11-23-21(25)20(30-22(23)26)8-4-6-17-5-3-7-18(14-17)24(27)28/h3-10,13-14H,11-12H2,1-2H3/b6-4+,20-8-. The van der Waals surface area contributed by atoms with Gasteiger partial charge in [-0.15, -0.1) is 0 Å². The van der Waals surface area contributed by atoms with E-state index in [4.69, 9.17) is 4.74 Å². The maximum absolute atomic E-state index is 12.5. The molecular weight excluding hydrogens is 404 g/mol. The predicted octanol–water partition coefficient (Wildman–Crippen LogP) is 4.88. The molecular formula is C22H20N2O5S. The normalized spacial score (nSPS) is 15.4. The number of thioether (sulfide) groups is 1. The molecule has 0 bridgehead atoms. The maximum Gasteiger partial charge on any atom is 0.293 e. The van der Waals surface area contributed by atoms with Crippen molar-refractivity contribution in [2.45, 2.75) is 13.8 Å². The number of non-ortho nitro benzene ring substituents is 1. The number of ether oxygens (including phenoxy) is 1. The third kappa shape index (κ3) is 5.15. The van der Waals surface area contributed by atoms with Crippen molar-refractivity contribution in [2.24, 2.45) is 0 Å². The van der Waals surface area contributed by atoms with Crippen LogP contribution in [0.1, 0.15) is 16.7 Å². The van der Waals surface area contributed by atoms with Gasteiger partial charge in [0.15, 0.2) is 0 Å². The Morgan fingerprint density at radius 1 is 1.17 bits per heavy atom. The summed E-state index contributed by atoms with van der Waals surface area (Å²) >= 11 is 0.860. The van der Waals surface area contributed by atoms with Crippen molar-refractivity contribution >= 4 is 34.7 Å². The van der Waals surface area contributed by atoms with Crippen LogP contribution < -0.4 is 4.74 Å². The summed E-state index contributed by atoms with van der Waals surface area (Å²) in [6.45, 7) is 4.27. The van der Waals surface area contributed by atoms with Crippen molar-refractivity contribution < 1.29 is 19.2 Å². The fraction of sp³-hybridized carbons (Fsp3) is 0.182. The van der Waals surface area contributed by atoms with E-state index in [1.165, 1.54) is 18.2 Å². The molecule has 2 aromatic rings. The Morgan fingerprint density at radius 2 is 1.97 bits per heavy atom. The fourth-order valence-corrected chi connectivity index (χ4v) is 3.62. The minimum Gasteiger partial charge on any atom is -0.491 e. The molecule has 0 atom stereocenters. The zero-order chi connectivity index (χ0) is 21.7. The molecule has 3 rings (SSSR count). The number of benzene rings is 2. The van der Waals surface area contributed by atoms with E-state index < -0.39 is 4.92 Å². The second-order valence-corrected chi connectivity index (χ2v) is 7.68. The quantitative estimate of drug-likeness (QED) is 0.357. The summed E-state index contributed by atoms with van der Waals surface area (Å²) in [6.07, 6.45) is 4.78. The Morgan fingerprint density at radius 3 is 2.73 bits per heavy atom. The van der Waals surface area contributed by atoms with Gasteiger partial charge >= 0.3 is 0 Å². The van der Waals surface area contributed by atoms with Gasteiger partial charge in [-0.1, -0.05) is 36.4 Å². The number of carbonyl (C=O) groups excluding carboxylic acids is 2. The maximum atomic E-state index is 12.5. The third-order valence-electron chi connectivity index (χ3n) is 4.41. The van der Waals surface area contributed by atoms with E-state index >= 15 is 0 Å². The van der Waals surface area contributed by atoms with Crippen LogP contribution in [0.4, 0.5) is 10.5 Å². The molecule has 2 aromatic carbocycles. The summed E-state index contributed by atoms with van der Waals surface area (Å²) in [5, 5.41) is 10.5. The van der Waals surface area contributed by atoms with Gasteiger partial charge in [0.2, 0.25) is 0 Å². The lowest BCUT2D eigenvalue weighted by atomic mass is 10.1. The van der Waals surface area contributed by atoms with Gasteiger partial charge in [-0.2, -0.15) is 0 Å². The molecule has 0 radical (unpaired) electrons. The summed E-state index contributed by atoms with van der Waals surface area (Å²) in [6, 6.07) is 12.0. The Kier molecular flexibility index (Phi) is 6.68. The number of rotatable bonds is 7. The van der Waals surface area contributed by atoms with E-state index in [2.05, 4.69) is 0 Å². The summed E-state index contributed by atoms with van der Waals surface area (Å²) in [4.78, 5) is 36.5. The first-order valence-electron chi connectivity index (χ1n) is 9.21. The summed E-state index contributed by atoms with van der Waals surface area (Å²) in [5.41, 5.74) is 2.67. The molecule has 1 aliphatic heterocycles. The average Bonchev–Trinajstić information content (AvgIpc) is 2.98. The number of allylic oxidation sites excluding steroid dienone is 2. The number of amides is 2. The van der Waals surface area contributed by atoms with E-state index in [9.17, 15) is 19.7 Å². The molecule has 1 aliphatic rings. The van der Waals surface area contributed by atoms with Crippen molar-refractivity contribution in [1.82, 2.24) is 4.90 Å². The van der Waals surface area contributed by atoms with E-state index in [1.54, 1.807) is 24.3 Å². The number of nitro groups is 1. The third-order valence-corrected chi connectivity index (χ3v) is 5.33. The van der Waals surface area contributed by atoms with E-state index in [0.717, 1.165) is 33.5 Å². The highest BCUT2D eigenvalue weighted by molar-refractivity contribution is 8.18. The Balaban J connectivity index is 1.60. The molecule has 30 heavy (non-hydrogen) atoms. The number of hydrogen-bond donors (Lipinski definition) is 0. The smallest absolute Gasteiger partial charge is 0.293 e. The van der Waals surface area contributed by atoms with Crippen LogP contribution in [0.25, 0.3) is 6.08 Å². The van der Waals surface area contributed by atoms with E-state index in [1.807, 2.05) is 32.0 Å². The van der Waals surface area contributed by atoms with Crippen LogP contribution in [-0.4, -0.2) is 34.1 Å². The van der Waals surface area contributed by atoms with Crippen molar-refractivity contribution in [1.29, 1.82) is 0 Å². The van der Waals surface area contributed by atoms with Gasteiger partial charge in [-0.25, -0.2) is 0 Å². The predicted molar refractivity (Wildman–Crippen MR) is 116 cm³/mol. The van der Waals surface area contributed by atoms with Gasteiger partial charge in [0.05, 0.1) is 16.4 Å². The van der Waals surface area contributed by atoms with Crippen LogP contribution in [0.5, 0.6) is 5.75 Å². The highest BCUT2D eigenvalue weighted by Crippen LogP contribution is 2.30. The van der Waals surface area contributed by atoms with Crippen LogP contribution in [0, 0.1) is 24.0 Å². The lowest BCUT2D eigenvalue weighted by Gasteiger charge is -2.14. The molecule has 7 nitrogen and oxygen atoms in total. The minimum absolute atomic E-state index is 0.0127. The van der Waals surface area contributed by atoms with Gasteiger partial charge in [0, 0.05) is 12.1 Å². The highest BCUT2D eigenvalue weighted by Gasteiger charge is 2.34. The topological polar surface area (TPSA) is 89.8 Å². The van der Waals surface area contributed by atoms with Crippen molar-refractivity contribution in [3.63, 3.8) is 0 Å². The molecule has 2 amide bonds. The van der Waals surface area contributed by atoms with Gasteiger partial charge in [-0.3, -0.25) is 24.6 Å². The Bertz CT molecular complexity index is 1060. The number of carbonyl (C=O) groups is 2. The first-order valence-corrected chi connectivity index (χ1v) is 10.0. The molecule has 0 aromatic heterocycles. The fourth-order valence-electron chi connectivity index (χ4n) is 2.81. The van der Waals surface area contributed by atoms with E-state index in [-0.39, 0.29) is 30.0 Å². The minimum atomic E-state index is -0.469. The molecule has 154 valence electrons. The summed E-state index contributed by atoms with van der Waals surface area (Å²) in [7, 11) is 0. The van der Waals surface area contributed by atoms with Crippen molar-refractivity contribution in [3.05, 3.63) is 86.3 Å². The second-order valence-electron chi connectivity index (χ2n) is 6.68. The van der Waals surface area contributed by atoms with Gasteiger partial charge in [0.1, 0.15) is 12.4 Å². The zero-order valence-electron chi connectivity index (χ0n) is 16.5. The SMILES string of the molecule is Cc1ccc(C)c(OCCN2C(=O)S/C(=C\C=C\c3cccc([N+](=O)[O-])c3)C2=O)c1. The Labute approximate surface area is 178 Å². The van der Waals surface area contributed by atoms with Crippen LogP contribution in [0.15, 0.2) is 59.5 Å². The largest absolute Gasteiger partial charge is 0.491 e. The molecule has 0 aliphatic carbocycles. The monoisotopic (exact) mass is 424 g/mol. The number of nitrogens with zero attached hydrogens (tertiary/aromatic N) is 2. The molecule has 1 saturated heterocycles. The Hall–Kier alpha value is -3.39. The molecule has 1 fully saturated rings. The molecule has 0 saturated carbocycles. The molecule has 0 unspecified atom stereocenters. The number of nitro benzene ring substituents is 1. The second kappa shape index (κ2) is 9.41. The molecule has 0 spiro atoms. The van der Waals surface area contributed by atoms with Crippen LogP contribution in [0.3, 0.4) is 0 Å². The lowest BCUT2D eigenvalue weighted by Crippen LogP contribution is -2.32. The zero-order valence-corrected chi connectivity index (χ0v) is 17.3. The number of aryl methyl sites for hydroxylation is 2. The first-order chi connectivity index (χ1) is 14.3. The van der Waals surface area contributed by atoms with Crippen LogP contribution in [0.2, 0.25) is 0 Å². The first kappa shape index (κ1) is 21.3. The van der Waals surface area contributed by atoms with Gasteiger partial charge in [-0.05, 0) is 54.4 Å². The van der Waals surface area contributed by atoms with Gasteiger partial charge < -0.3 is 4.74 Å². The van der Waals surface area contributed by atoms with Crippen LogP contribution in [-0.2, 0) is 4.79 Å². The average molecular weight is 424 g/mol. The number of hydrogen-bond acceptors (Lipinski definition) is 6. The lowest BCUT2D eigenvalue weighted by molar-refractivity contribution is -0.384. The number of imide groups is 1. The van der Waals surface area contributed by atoms with Crippen molar-refractivity contribution in [2.75, 3.05) is 13.2 Å². The van der Waals surface area contributed by atoms with Gasteiger partial charge in [0.25, 0.3) is 16.8 Å².